The van der Waals surface area contributed by atoms with Crippen LogP contribution in [0.3, 0.4) is 0 Å². The summed E-state index contributed by atoms with van der Waals surface area (Å²) in [5.41, 5.74) is 2.69. The van der Waals surface area contributed by atoms with Gasteiger partial charge in [0.2, 0.25) is 5.91 Å². The van der Waals surface area contributed by atoms with Gasteiger partial charge in [0.1, 0.15) is 0 Å². The van der Waals surface area contributed by atoms with E-state index in [-0.39, 0.29) is 5.91 Å². The molecule has 1 aromatic carbocycles. The number of rotatable bonds is 3. The lowest BCUT2D eigenvalue weighted by molar-refractivity contribution is -0.130. The molecule has 2 saturated heterocycles. The van der Waals surface area contributed by atoms with Gasteiger partial charge in [0, 0.05) is 58.4 Å². The van der Waals surface area contributed by atoms with E-state index in [1.165, 1.54) is 43.7 Å². The van der Waals surface area contributed by atoms with Crippen LogP contribution in [0, 0.1) is 12.8 Å². The third kappa shape index (κ3) is 5.74. The highest BCUT2D eigenvalue weighted by atomic mass is 16.2. The van der Waals surface area contributed by atoms with E-state index in [1.807, 2.05) is 18.7 Å². The normalized spacial score (nSPS) is 19.4. The van der Waals surface area contributed by atoms with Gasteiger partial charge in [0.05, 0.1) is 0 Å². The number of carbonyl (C=O) groups excluding carboxylic acids is 1. The van der Waals surface area contributed by atoms with Gasteiger partial charge in [0.15, 0.2) is 0 Å². The van der Waals surface area contributed by atoms with Crippen molar-refractivity contribution < 1.29 is 4.79 Å². The van der Waals surface area contributed by atoms with Gasteiger partial charge in [-0.3, -0.25) is 9.69 Å². The van der Waals surface area contributed by atoms with Crippen LogP contribution in [0.4, 0.5) is 5.69 Å². The van der Waals surface area contributed by atoms with Crippen LogP contribution in [0.1, 0.15) is 39.2 Å². The molecule has 0 spiro atoms. The maximum absolute atomic E-state index is 11.4. The zero-order valence-corrected chi connectivity index (χ0v) is 16.5. The number of hydrogen-bond donors (Lipinski definition) is 0. The van der Waals surface area contributed by atoms with E-state index >= 15 is 0 Å². The second-order valence-electron chi connectivity index (χ2n) is 7.07. The van der Waals surface area contributed by atoms with Gasteiger partial charge in [-0.15, -0.1) is 0 Å². The Kier molecular flexibility index (Phi) is 7.76. The molecule has 0 bridgehead atoms. The Morgan fingerprint density at radius 3 is 2.04 bits per heavy atom. The Morgan fingerprint density at radius 2 is 1.52 bits per heavy atom. The van der Waals surface area contributed by atoms with E-state index < -0.39 is 0 Å². The summed E-state index contributed by atoms with van der Waals surface area (Å²) in [7, 11) is 0. The molecule has 4 heteroatoms. The highest BCUT2D eigenvalue weighted by Gasteiger charge is 2.24. The van der Waals surface area contributed by atoms with Crippen molar-refractivity contribution in [1.29, 1.82) is 0 Å². The van der Waals surface area contributed by atoms with Crippen LogP contribution < -0.4 is 4.90 Å². The molecule has 0 unspecified atom stereocenters. The summed E-state index contributed by atoms with van der Waals surface area (Å²) in [6, 6.07) is 8.90. The molecule has 0 aromatic heterocycles. The first-order valence-corrected chi connectivity index (χ1v) is 9.91. The fourth-order valence-corrected chi connectivity index (χ4v) is 3.74. The van der Waals surface area contributed by atoms with Crippen molar-refractivity contribution in [3.8, 4) is 0 Å². The molecule has 0 N–H and O–H groups in total. The van der Waals surface area contributed by atoms with Crippen molar-refractivity contribution in [2.45, 2.75) is 40.5 Å². The topological polar surface area (TPSA) is 26.8 Å². The Balaban J connectivity index is 0.00000109. The standard InChI is InChI=1S/C19H29N3O.C2H6/c1-16-3-5-19(6-4-16)22-9-7-18(8-10-22)15-20-11-13-21(14-12-20)17(2)23;1-2/h3-6,18H,7-15H2,1-2H3;1-2H3. The average Bonchev–Trinajstić information content (AvgIpc) is 2.65. The van der Waals surface area contributed by atoms with E-state index in [1.54, 1.807) is 6.92 Å². The highest BCUT2D eigenvalue weighted by Crippen LogP contribution is 2.24. The SMILES string of the molecule is CC.CC(=O)N1CCN(CC2CCN(c3ccc(C)cc3)CC2)CC1. The molecule has 4 nitrogen and oxygen atoms in total. The van der Waals surface area contributed by atoms with Gasteiger partial charge in [-0.25, -0.2) is 0 Å². The van der Waals surface area contributed by atoms with Crippen LogP contribution in [0.5, 0.6) is 0 Å². The number of piperidine rings is 1. The molecule has 3 rings (SSSR count). The number of anilines is 1. The lowest BCUT2D eigenvalue weighted by Gasteiger charge is -2.39. The van der Waals surface area contributed by atoms with Crippen LogP contribution in [0.2, 0.25) is 0 Å². The summed E-state index contributed by atoms with van der Waals surface area (Å²) in [5.74, 6) is 1.02. The third-order valence-corrected chi connectivity index (χ3v) is 5.35. The summed E-state index contributed by atoms with van der Waals surface area (Å²) in [4.78, 5) is 18.4. The molecule has 140 valence electrons. The molecule has 0 radical (unpaired) electrons. The second-order valence-corrected chi connectivity index (χ2v) is 7.07. The molecule has 2 heterocycles. The molecule has 1 amide bonds. The number of piperazine rings is 1. The van der Waals surface area contributed by atoms with Crippen molar-refractivity contribution in [2.75, 3.05) is 50.7 Å². The molecule has 0 saturated carbocycles. The van der Waals surface area contributed by atoms with Gasteiger partial charge in [-0.05, 0) is 37.8 Å². The molecule has 0 atom stereocenters. The van der Waals surface area contributed by atoms with Gasteiger partial charge in [-0.1, -0.05) is 31.5 Å². The van der Waals surface area contributed by atoms with Crippen LogP contribution in [-0.4, -0.2) is 61.5 Å². The fourth-order valence-electron chi connectivity index (χ4n) is 3.74. The first-order valence-electron chi connectivity index (χ1n) is 9.91. The summed E-state index contributed by atoms with van der Waals surface area (Å²) >= 11 is 0. The largest absolute Gasteiger partial charge is 0.372 e. The maximum Gasteiger partial charge on any atom is 0.219 e. The molecule has 1 aromatic rings. The van der Waals surface area contributed by atoms with Crippen LogP contribution >= 0.6 is 0 Å². The monoisotopic (exact) mass is 345 g/mol. The molecule has 25 heavy (non-hydrogen) atoms. The van der Waals surface area contributed by atoms with Crippen molar-refractivity contribution in [3.05, 3.63) is 29.8 Å². The van der Waals surface area contributed by atoms with E-state index in [9.17, 15) is 4.79 Å². The second kappa shape index (κ2) is 9.81. The lowest BCUT2D eigenvalue weighted by Crippen LogP contribution is -2.50. The van der Waals surface area contributed by atoms with Crippen molar-refractivity contribution in [2.24, 2.45) is 5.92 Å². The van der Waals surface area contributed by atoms with E-state index in [4.69, 9.17) is 0 Å². The van der Waals surface area contributed by atoms with Gasteiger partial charge < -0.3 is 9.80 Å². The Labute approximate surface area is 153 Å². The van der Waals surface area contributed by atoms with E-state index in [0.717, 1.165) is 32.1 Å². The predicted octanol–water partition coefficient (Wildman–Crippen LogP) is 3.40. The zero-order chi connectivity index (χ0) is 18.2. The Bertz CT molecular complexity index is 512. The van der Waals surface area contributed by atoms with Crippen LogP contribution in [-0.2, 0) is 4.79 Å². The summed E-state index contributed by atoms with van der Waals surface area (Å²) in [6.45, 7) is 15.2. The Morgan fingerprint density at radius 1 is 0.960 bits per heavy atom. The Hall–Kier alpha value is -1.55. The molecule has 2 aliphatic rings. The number of carbonyl (C=O) groups is 1. The lowest BCUT2D eigenvalue weighted by atomic mass is 9.95. The summed E-state index contributed by atoms with van der Waals surface area (Å²) in [6.07, 6.45) is 2.56. The number of hydrogen-bond acceptors (Lipinski definition) is 3. The number of aryl methyl sites for hydroxylation is 1. The number of amides is 1. The van der Waals surface area contributed by atoms with Gasteiger partial charge in [0.25, 0.3) is 0 Å². The minimum atomic E-state index is 0.219. The van der Waals surface area contributed by atoms with Crippen molar-refractivity contribution in [3.63, 3.8) is 0 Å². The molecular weight excluding hydrogens is 310 g/mol. The fraction of sp³-hybridized carbons (Fsp3) is 0.667. The van der Waals surface area contributed by atoms with Gasteiger partial charge in [-0.2, -0.15) is 0 Å². The molecule has 2 fully saturated rings. The maximum atomic E-state index is 11.4. The van der Waals surface area contributed by atoms with Crippen LogP contribution in [0.15, 0.2) is 24.3 Å². The number of nitrogens with zero attached hydrogens (tertiary/aromatic N) is 3. The highest BCUT2D eigenvalue weighted by molar-refractivity contribution is 5.73. The average molecular weight is 346 g/mol. The van der Waals surface area contributed by atoms with Crippen molar-refractivity contribution in [1.82, 2.24) is 9.80 Å². The summed E-state index contributed by atoms with van der Waals surface area (Å²) < 4.78 is 0. The van der Waals surface area contributed by atoms with Crippen LogP contribution in [0.25, 0.3) is 0 Å². The smallest absolute Gasteiger partial charge is 0.219 e. The first-order chi connectivity index (χ1) is 12.1. The van der Waals surface area contributed by atoms with Crippen molar-refractivity contribution >= 4 is 11.6 Å². The molecular formula is C21H35N3O. The minimum absolute atomic E-state index is 0.219. The van der Waals surface area contributed by atoms with E-state index in [2.05, 4.69) is 41.0 Å². The first kappa shape index (κ1) is 19.8. The molecule has 0 aliphatic carbocycles. The predicted molar refractivity (Wildman–Crippen MR) is 106 cm³/mol. The van der Waals surface area contributed by atoms with Gasteiger partial charge >= 0.3 is 0 Å². The minimum Gasteiger partial charge on any atom is -0.372 e. The quantitative estimate of drug-likeness (QED) is 0.840. The summed E-state index contributed by atoms with van der Waals surface area (Å²) in [5, 5.41) is 0. The zero-order valence-electron chi connectivity index (χ0n) is 16.5. The molecule has 2 aliphatic heterocycles. The third-order valence-electron chi connectivity index (χ3n) is 5.35. The van der Waals surface area contributed by atoms with E-state index in [0.29, 0.717) is 0 Å². The number of benzene rings is 1.